The van der Waals surface area contributed by atoms with Crippen molar-refractivity contribution >= 4 is 12.0 Å². The molecule has 6 heteroatoms. The van der Waals surface area contributed by atoms with Crippen LogP contribution in [0.3, 0.4) is 0 Å². The fourth-order valence-corrected chi connectivity index (χ4v) is 2.53. The van der Waals surface area contributed by atoms with Crippen molar-refractivity contribution in [2.45, 2.75) is 44.7 Å². The van der Waals surface area contributed by atoms with Gasteiger partial charge in [0.25, 0.3) is 0 Å². The third kappa shape index (κ3) is 4.09. The highest BCUT2D eigenvalue weighted by Crippen LogP contribution is 2.32. The van der Waals surface area contributed by atoms with E-state index in [1.54, 1.807) is 0 Å². The van der Waals surface area contributed by atoms with Crippen molar-refractivity contribution in [1.29, 1.82) is 0 Å². The fraction of sp³-hybridized carbons (Fsp3) is 0.846. The molecule has 2 rings (SSSR count). The largest absolute Gasteiger partial charge is 0.480 e. The van der Waals surface area contributed by atoms with E-state index in [4.69, 9.17) is 9.84 Å². The second-order valence-corrected chi connectivity index (χ2v) is 5.51. The zero-order valence-corrected chi connectivity index (χ0v) is 11.2. The van der Waals surface area contributed by atoms with Crippen LogP contribution in [0.2, 0.25) is 0 Å². The maximum Gasteiger partial charge on any atom is 0.326 e. The average molecular weight is 270 g/mol. The van der Waals surface area contributed by atoms with Crippen molar-refractivity contribution in [3.05, 3.63) is 0 Å². The Balaban J connectivity index is 1.77. The van der Waals surface area contributed by atoms with Gasteiger partial charge in [-0.2, -0.15) is 0 Å². The van der Waals surface area contributed by atoms with Gasteiger partial charge in [-0.1, -0.05) is 0 Å². The number of carbonyl (C=O) groups is 2. The van der Waals surface area contributed by atoms with Crippen LogP contribution >= 0.6 is 0 Å². The van der Waals surface area contributed by atoms with Crippen LogP contribution in [0.4, 0.5) is 4.79 Å². The summed E-state index contributed by atoms with van der Waals surface area (Å²) in [6, 6.07) is -1.09. The summed E-state index contributed by atoms with van der Waals surface area (Å²) in [6.07, 6.45) is 3.64. The average Bonchev–Trinajstić information content (AvgIpc) is 3.21. The highest BCUT2D eigenvalue weighted by molar-refractivity contribution is 5.83. The Morgan fingerprint density at radius 2 is 1.74 bits per heavy atom. The van der Waals surface area contributed by atoms with Gasteiger partial charge < -0.3 is 20.5 Å². The lowest BCUT2D eigenvalue weighted by molar-refractivity contribution is -0.139. The number of rotatable bonds is 5. The van der Waals surface area contributed by atoms with E-state index in [1.807, 2.05) is 6.92 Å². The van der Waals surface area contributed by atoms with Gasteiger partial charge in [-0.25, -0.2) is 9.59 Å². The number of carboxylic acid groups (broad SMARTS) is 1. The highest BCUT2D eigenvalue weighted by Gasteiger charge is 2.37. The Morgan fingerprint density at radius 3 is 2.26 bits per heavy atom. The van der Waals surface area contributed by atoms with Crippen LogP contribution in [0.25, 0.3) is 0 Å². The number of hydrogen-bond donors (Lipinski definition) is 3. The van der Waals surface area contributed by atoms with E-state index < -0.39 is 12.0 Å². The summed E-state index contributed by atoms with van der Waals surface area (Å²) in [7, 11) is 0. The lowest BCUT2D eigenvalue weighted by atomic mass is 9.93. The molecule has 0 radical (unpaired) electrons. The van der Waals surface area contributed by atoms with Crippen LogP contribution in [0.1, 0.15) is 32.6 Å². The molecule has 2 atom stereocenters. The molecule has 2 unspecified atom stereocenters. The molecule has 0 spiro atoms. The number of ether oxygens (including phenoxy) is 1. The van der Waals surface area contributed by atoms with Crippen molar-refractivity contribution in [2.24, 2.45) is 11.8 Å². The van der Waals surface area contributed by atoms with E-state index in [1.165, 1.54) is 0 Å². The SMILES string of the molecule is CC(NC(=O)NC(C(=O)O)C1CC1)C1CCOCC1. The van der Waals surface area contributed by atoms with Crippen LogP contribution < -0.4 is 10.6 Å². The fourth-order valence-electron chi connectivity index (χ4n) is 2.53. The Labute approximate surface area is 112 Å². The molecule has 0 aromatic carbocycles. The smallest absolute Gasteiger partial charge is 0.326 e. The molecule has 3 N–H and O–H groups in total. The van der Waals surface area contributed by atoms with Gasteiger partial charge in [0.15, 0.2) is 0 Å². The minimum Gasteiger partial charge on any atom is -0.480 e. The van der Waals surface area contributed by atoms with Crippen molar-refractivity contribution < 1.29 is 19.4 Å². The van der Waals surface area contributed by atoms with E-state index in [0.29, 0.717) is 5.92 Å². The van der Waals surface area contributed by atoms with Crippen molar-refractivity contribution in [3.63, 3.8) is 0 Å². The van der Waals surface area contributed by atoms with E-state index in [9.17, 15) is 9.59 Å². The Morgan fingerprint density at radius 1 is 1.11 bits per heavy atom. The molecule has 1 saturated carbocycles. The number of hydrogen-bond acceptors (Lipinski definition) is 3. The summed E-state index contributed by atoms with van der Waals surface area (Å²) >= 11 is 0. The van der Waals surface area contributed by atoms with Gasteiger partial charge in [0.05, 0.1) is 0 Å². The molecule has 2 aliphatic rings. The number of urea groups is 1. The second-order valence-electron chi connectivity index (χ2n) is 5.51. The van der Waals surface area contributed by atoms with Crippen LogP contribution in [-0.4, -0.2) is 42.4 Å². The number of amides is 2. The van der Waals surface area contributed by atoms with Gasteiger partial charge in [-0.3, -0.25) is 0 Å². The molecule has 2 fully saturated rings. The first-order chi connectivity index (χ1) is 9.08. The molecule has 1 aliphatic heterocycles. The monoisotopic (exact) mass is 270 g/mol. The molecule has 2 amide bonds. The maximum absolute atomic E-state index is 11.8. The first-order valence-electron chi connectivity index (χ1n) is 6.95. The summed E-state index contributed by atoms with van der Waals surface area (Å²) in [6.45, 7) is 3.43. The van der Waals surface area contributed by atoms with E-state index >= 15 is 0 Å². The lowest BCUT2D eigenvalue weighted by Gasteiger charge is -2.28. The number of aliphatic carboxylic acids is 1. The van der Waals surface area contributed by atoms with Crippen molar-refractivity contribution in [2.75, 3.05) is 13.2 Å². The van der Waals surface area contributed by atoms with Gasteiger partial charge >= 0.3 is 12.0 Å². The van der Waals surface area contributed by atoms with Gasteiger partial charge in [0, 0.05) is 19.3 Å². The lowest BCUT2D eigenvalue weighted by Crippen LogP contribution is -2.51. The summed E-state index contributed by atoms with van der Waals surface area (Å²) in [5, 5.41) is 14.5. The molecule has 108 valence electrons. The molecular weight excluding hydrogens is 248 g/mol. The van der Waals surface area contributed by atoms with Gasteiger partial charge in [-0.15, -0.1) is 0 Å². The van der Waals surface area contributed by atoms with Crippen LogP contribution in [0.5, 0.6) is 0 Å². The zero-order chi connectivity index (χ0) is 13.8. The molecule has 19 heavy (non-hydrogen) atoms. The number of carbonyl (C=O) groups excluding carboxylic acids is 1. The molecule has 6 nitrogen and oxygen atoms in total. The normalized spacial score (nSPS) is 23.4. The van der Waals surface area contributed by atoms with Crippen molar-refractivity contribution in [1.82, 2.24) is 10.6 Å². The molecule has 1 aliphatic carbocycles. The predicted molar refractivity (Wildman–Crippen MR) is 68.8 cm³/mol. The first kappa shape index (κ1) is 14.1. The molecular formula is C13H22N2O4. The van der Waals surface area contributed by atoms with E-state index in [-0.39, 0.29) is 18.0 Å². The molecule has 1 heterocycles. The third-order valence-electron chi connectivity index (χ3n) is 3.98. The topological polar surface area (TPSA) is 87.7 Å². The minimum absolute atomic E-state index is 0.0394. The Kier molecular flexibility index (Phi) is 4.63. The predicted octanol–water partition coefficient (Wildman–Crippen LogP) is 0.964. The number of carboxylic acids is 1. The van der Waals surface area contributed by atoms with Gasteiger partial charge in [0.1, 0.15) is 6.04 Å². The number of nitrogens with one attached hydrogen (secondary N) is 2. The maximum atomic E-state index is 11.8. The summed E-state index contributed by atoms with van der Waals surface area (Å²) in [5.41, 5.74) is 0. The van der Waals surface area contributed by atoms with Gasteiger partial charge in [-0.05, 0) is 44.4 Å². The molecule has 0 aromatic rings. The third-order valence-corrected chi connectivity index (χ3v) is 3.98. The summed E-state index contributed by atoms with van der Waals surface area (Å²) in [5.74, 6) is -0.443. The van der Waals surface area contributed by atoms with E-state index in [0.717, 1.165) is 38.9 Å². The quantitative estimate of drug-likeness (QED) is 0.694. The zero-order valence-electron chi connectivity index (χ0n) is 11.2. The molecule has 0 aromatic heterocycles. The van der Waals surface area contributed by atoms with E-state index in [2.05, 4.69) is 10.6 Å². The second kappa shape index (κ2) is 6.23. The Hall–Kier alpha value is -1.30. The summed E-state index contributed by atoms with van der Waals surface area (Å²) < 4.78 is 5.28. The Bertz CT molecular complexity index is 338. The summed E-state index contributed by atoms with van der Waals surface area (Å²) in [4.78, 5) is 22.9. The van der Waals surface area contributed by atoms with Crippen LogP contribution in [0, 0.1) is 11.8 Å². The standard InChI is InChI=1S/C13H22N2O4/c1-8(9-4-6-19-7-5-9)14-13(18)15-11(12(16)17)10-2-3-10/h8-11H,2-7H2,1H3,(H,16,17)(H2,14,15,18). The van der Waals surface area contributed by atoms with Crippen LogP contribution in [0.15, 0.2) is 0 Å². The highest BCUT2D eigenvalue weighted by atomic mass is 16.5. The molecule has 0 bridgehead atoms. The molecule has 1 saturated heterocycles. The first-order valence-corrected chi connectivity index (χ1v) is 6.95. The minimum atomic E-state index is -0.948. The van der Waals surface area contributed by atoms with Crippen LogP contribution in [-0.2, 0) is 9.53 Å². The van der Waals surface area contributed by atoms with Crippen molar-refractivity contribution in [3.8, 4) is 0 Å². The van der Waals surface area contributed by atoms with Gasteiger partial charge in [0.2, 0.25) is 0 Å².